The lowest BCUT2D eigenvalue weighted by Gasteiger charge is -2.32. The molecule has 2 fully saturated rings. The second-order valence-electron chi connectivity index (χ2n) is 13.3. The lowest BCUT2D eigenvalue weighted by Crippen LogP contribution is -2.35. The number of aliphatic hydroxyl groups is 1. The molecule has 0 aromatic rings. The van der Waals surface area contributed by atoms with Gasteiger partial charge in [-0.05, 0) is 95.8 Å². The SMILES string of the molecule is CCCCCCCCCOC(=O)CCCCCCCC(=O)OCCC1CCN(CCSSCCN2CCC(CCO)CC2)CC1. The first-order chi connectivity index (χ1) is 22.1. The Labute approximate surface area is 284 Å². The van der Waals surface area contributed by atoms with E-state index in [1.165, 1.54) is 109 Å². The Bertz CT molecular complexity index is 716. The zero-order valence-electron chi connectivity index (χ0n) is 28.9. The molecule has 9 heteroatoms. The predicted octanol–water partition coefficient (Wildman–Crippen LogP) is 8.13. The zero-order valence-corrected chi connectivity index (χ0v) is 30.5. The highest BCUT2D eigenvalue weighted by molar-refractivity contribution is 8.76. The highest BCUT2D eigenvalue weighted by atomic mass is 33.1. The van der Waals surface area contributed by atoms with Gasteiger partial charge in [-0.2, -0.15) is 0 Å². The van der Waals surface area contributed by atoms with Crippen molar-refractivity contribution in [2.45, 2.75) is 135 Å². The number of esters is 2. The molecular weight excluding hydrogens is 605 g/mol. The number of rotatable bonds is 28. The molecule has 0 spiro atoms. The lowest BCUT2D eigenvalue weighted by atomic mass is 9.94. The molecular formula is C36H68N2O5S2. The van der Waals surface area contributed by atoms with Crippen molar-refractivity contribution in [3.05, 3.63) is 0 Å². The van der Waals surface area contributed by atoms with Crippen LogP contribution in [-0.2, 0) is 19.1 Å². The van der Waals surface area contributed by atoms with Gasteiger partial charge >= 0.3 is 11.9 Å². The highest BCUT2D eigenvalue weighted by Gasteiger charge is 2.20. The van der Waals surface area contributed by atoms with Gasteiger partial charge in [0.2, 0.25) is 0 Å². The number of hydrogen-bond acceptors (Lipinski definition) is 9. The minimum Gasteiger partial charge on any atom is -0.466 e. The van der Waals surface area contributed by atoms with Gasteiger partial charge in [0.25, 0.3) is 0 Å². The summed E-state index contributed by atoms with van der Waals surface area (Å²) in [5.74, 6) is 3.70. The van der Waals surface area contributed by atoms with Crippen molar-refractivity contribution < 1.29 is 24.2 Å². The zero-order chi connectivity index (χ0) is 32.2. The van der Waals surface area contributed by atoms with Crippen LogP contribution in [0.25, 0.3) is 0 Å². The van der Waals surface area contributed by atoms with E-state index >= 15 is 0 Å². The van der Waals surface area contributed by atoms with Gasteiger partial charge in [-0.1, -0.05) is 86.3 Å². The number of hydrogen-bond donors (Lipinski definition) is 1. The van der Waals surface area contributed by atoms with Gasteiger partial charge in [-0.15, -0.1) is 0 Å². The lowest BCUT2D eigenvalue weighted by molar-refractivity contribution is -0.144. The summed E-state index contributed by atoms with van der Waals surface area (Å²) in [7, 11) is 4.04. The van der Waals surface area contributed by atoms with Gasteiger partial charge in [0.15, 0.2) is 0 Å². The van der Waals surface area contributed by atoms with Crippen molar-refractivity contribution in [1.29, 1.82) is 0 Å². The summed E-state index contributed by atoms with van der Waals surface area (Å²) in [5, 5.41) is 9.11. The van der Waals surface area contributed by atoms with E-state index in [-0.39, 0.29) is 11.9 Å². The van der Waals surface area contributed by atoms with Gasteiger partial charge in [0.05, 0.1) is 13.2 Å². The number of aliphatic hydroxyl groups excluding tert-OH is 1. The van der Waals surface area contributed by atoms with Crippen molar-refractivity contribution in [2.75, 3.05) is 70.6 Å². The molecule has 0 aliphatic carbocycles. The standard InChI is InChI=1S/C36H68N2O5S2/c1-2-3-4-5-6-10-13-29-42-35(40)14-11-8-7-9-12-15-36(41)43-30-21-34-18-24-38(25-19-34)27-32-45-44-31-26-37-22-16-33(17-23-37)20-28-39/h33-34,39H,2-32H2,1H3. The van der Waals surface area contributed by atoms with E-state index in [0.717, 1.165) is 63.7 Å². The number of ether oxygens (including phenoxy) is 2. The number of piperidine rings is 2. The smallest absolute Gasteiger partial charge is 0.305 e. The number of unbranched alkanes of at least 4 members (excludes halogenated alkanes) is 10. The molecule has 1 N–H and O–H groups in total. The third-order valence-corrected chi connectivity index (χ3v) is 11.9. The molecule has 45 heavy (non-hydrogen) atoms. The van der Waals surface area contributed by atoms with Gasteiger partial charge in [0.1, 0.15) is 0 Å². The van der Waals surface area contributed by atoms with E-state index in [9.17, 15) is 9.59 Å². The maximum absolute atomic E-state index is 12.1. The summed E-state index contributed by atoms with van der Waals surface area (Å²) >= 11 is 0. The summed E-state index contributed by atoms with van der Waals surface area (Å²) in [4.78, 5) is 29.2. The fourth-order valence-electron chi connectivity index (χ4n) is 6.43. The molecule has 264 valence electrons. The molecule has 0 aromatic heterocycles. The third kappa shape index (κ3) is 22.7. The van der Waals surface area contributed by atoms with Crippen LogP contribution in [0.15, 0.2) is 0 Å². The van der Waals surface area contributed by atoms with Crippen LogP contribution in [0, 0.1) is 11.8 Å². The topological polar surface area (TPSA) is 79.3 Å². The largest absolute Gasteiger partial charge is 0.466 e. The number of carbonyl (C=O) groups excluding carboxylic acids is 2. The summed E-state index contributed by atoms with van der Waals surface area (Å²) in [5.41, 5.74) is 0. The second-order valence-corrected chi connectivity index (χ2v) is 16.0. The number of nitrogens with zero attached hydrogens (tertiary/aromatic N) is 2. The Morgan fingerprint density at radius 2 is 1.07 bits per heavy atom. The minimum absolute atomic E-state index is 0.0536. The van der Waals surface area contributed by atoms with Crippen LogP contribution in [0.2, 0.25) is 0 Å². The monoisotopic (exact) mass is 672 g/mol. The van der Waals surface area contributed by atoms with Crippen molar-refractivity contribution in [3.8, 4) is 0 Å². The van der Waals surface area contributed by atoms with E-state index in [1.54, 1.807) is 0 Å². The van der Waals surface area contributed by atoms with Gasteiger partial charge < -0.3 is 24.4 Å². The fraction of sp³-hybridized carbons (Fsp3) is 0.944. The van der Waals surface area contributed by atoms with E-state index in [0.29, 0.717) is 38.6 Å². The average Bonchev–Trinajstić information content (AvgIpc) is 3.05. The van der Waals surface area contributed by atoms with Crippen LogP contribution < -0.4 is 0 Å². The molecule has 2 heterocycles. The molecule has 2 saturated heterocycles. The van der Waals surface area contributed by atoms with E-state index in [2.05, 4.69) is 16.7 Å². The molecule has 0 saturated carbocycles. The Kier molecular flexibility index (Phi) is 25.8. The molecule has 0 unspecified atom stereocenters. The van der Waals surface area contributed by atoms with Crippen LogP contribution in [0.5, 0.6) is 0 Å². The number of carbonyl (C=O) groups is 2. The first-order valence-electron chi connectivity index (χ1n) is 18.7. The van der Waals surface area contributed by atoms with Crippen molar-refractivity contribution >= 4 is 33.5 Å². The minimum atomic E-state index is -0.0580. The van der Waals surface area contributed by atoms with Crippen LogP contribution in [-0.4, -0.2) is 97.4 Å². The highest BCUT2D eigenvalue weighted by Crippen LogP contribution is 2.25. The van der Waals surface area contributed by atoms with Crippen LogP contribution in [0.4, 0.5) is 0 Å². The van der Waals surface area contributed by atoms with Crippen molar-refractivity contribution in [1.82, 2.24) is 9.80 Å². The van der Waals surface area contributed by atoms with Crippen LogP contribution in [0.1, 0.15) is 135 Å². The summed E-state index contributed by atoms with van der Waals surface area (Å²) in [6, 6.07) is 0. The van der Waals surface area contributed by atoms with E-state index < -0.39 is 0 Å². The second kappa shape index (κ2) is 28.5. The molecule has 0 aromatic carbocycles. The first-order valence-corrected chi connectivity index (χ1v) is 21.2. The quantitative estimate of drug-likeness (QED) is 0.0504. The van der Waals surface area contributed by atoms with Crippen LogP contribution >= 0.6 is 21.6 Å². The molecule has 2 aliphatic heterocycles. The van der Waals surface area contributed by atoms with Crippen molar-refractivity contribution in [3.63, 3.8) is 0 Å². The Morgan fingerprint density at radius 3 is 1.58 bits per heavy atom. The average molecular weight is 673 g/mol. The number of likely N-dealkylation sites (tertiary alicyclic amines) is 2. The Hall–Kier alpha value is -0.480. The summed E-state index contributed by atoms with van der Waals surface area (Å²) in [6.45, 7) is 10.8. The molecule has 0 amide bonds. The Balaban J connectivity index is 1.30. The van der Waals surface area contributed by atoms with Crippen LogP contribution in [0.3, 0.4) is 0 Å². The first kappa shape index (κ1) is 40.7. The van der Waals surface area contributed by atoms with E-state index in [4.69, 9.17) is 14.6 Å². The predicted molar refractivity (Wildman–Crippen MR) is 192 cm³/mol. The fourth-order valence-corrected chi connectivity index (χ4v) is 8.48. The van der Waals surface area contributed by atoms with Crippen molar-refractivity contribution in [2.24, 2.45) is 11.8 Å². The van der Waals surface area contributed by atoms with Gasteiger partial charge in [-0.25, -0.2) is 0 Å². The molecule has 2 rings (SSSR count). The normalized spacial score (nSPS) is 17.1. The Morgan fingerprint density at radius 1 is 0.622 bits per heavy atom. The molecule has 2 aliphatic rings. The molecule has 0 bridgehead atoms. The molecule has 0 radical (unpaired) electrons. The van der Waals surface area contributed by atoms with Gasteiger partial charge in [0, 0.05) is 44.0 Å². The van der Waals surface area contributed by atoms with Gasteiger partial charge in [-0.3, -0.25) is 9.59 Å². The molecule has 7 nitrogen and oxygen atoms in total. The maximum Gasteiger partial charge on any atom is 0.305 e. The van der Waals surface area contributed by atoms with E-state index in [1.807, 2.05) is 21.6 Å². The summed E-state index contributed by atoms with van der Waals surface area (Å²) in [6.07, 6.45) is 21.4. The molecule has 0 atom stereocenters. The third-order valence-electron chi connectivity index (χ3n) is 9.58. The summed E-state index contributed by atoms with van der Waals surface area (Å²) < 4.78 is 10.9. The maximum atomic E-state index is 12.1.